The van der Waals surface area contributed by atoms with Crippen LogP contribution in [0.5, 0.6) is 0 Å². The maximum Gasteiger partial charge on any atom is 0.238 e. The molecule has 3 rings (SSSR count). The Kier molecular flexibility index (Phi) is 6.23. The quantitative estimate of drug-likeness (QED) is 0.809. The summed E-state index contributed by atoms with van der Waals surface area (Å²) in [6.07, 6.45) is 8.92. The molecule has 0 aromatic heterocycles. The summed E-state index contributed by atoms with van der Waals surface area (Å²) in [7, 11) is 0. The van der Waals surface area contributed by atoms with Crippen LogP contribution in [0.4, 0.5) is 5.69 Å². The molecule has 1 aliphatic carbocycles. The van der Waals surface area contributed by atoms with E-state index in [0.29, 0.717) is 6.54 Å². The fourth-order valence-corrected chi connectivity index (χ4v) is 3.51. The van der Waals surface area contributed by atoms with Crippen LogP contribution in [-0.2, 0) is 9.59 Å². The first-order chi connectivity index (χ1) is 12.2. The number of allylic oxidation sites excluding steroid dienone is 2. The summed E-state index contributed by atoms with van der Waals surface area (Å²) in [5.74, 6) is 0.354. The summed E-state index contributed by atoms with van der Waals surface area (Å²) in [4.78, 5) is 26.6. The number of likely N-dealkylation sites (tertiary alicyclic amines) is 1. The molecule has 5 nitrogen and oxygen atoms in total. The molecule has 1 aromatic rings. The van der Waals surface area contributed by atoms with E-state index in [4.69, 9.17) is 0 Å². The van der Waals surface area contributed by atoms with Gasteiger partial charge in [0.1, 0.15) is 0 Å². The standard InChI is InChI=1S/C20H27N3O2/c24-19(21-17-9-5-2-6-10-17)15-23-13-11-18(12-14-23)22-20(25)16-7-3-1-4-8-16/h1-3,5-6,9-10,16,18H,4,7-8,11-15H2,(H,21,24)(H,22,25). The van der Waals surface area contributed by atoms with Crippen molar-refractivity contribution in [2.75, 3.05) is 25.0 Å². The molecule has 5 heteroatoms. The van der Waals surface area contributed by atoms with Crippen LogP contribution in [0, 0.1) is 5.92 Å². The third kappa shape index (κ3) is 5.43. The molecule has 0 spiro atoms. The third-order valence-corrected chi connectivity index (χ3v) is 5.00. The van der Waals surface area contributed by atoms with Crippen LogP contribution >= 0.6 is 0 Å². The van der Waals surface area contributed by atoms with E-state index >= 15 is 0 Å². The Hall–Kier alpha value is -2.14. The number of benzene rings is 1. The Morgan fingerprint density at radius 2 is 1.80 bits per heavy atom. The zero-order valence-corrected chi connectivity index (χ0v) is 14.6. The van der Waals surface area contributed by atoms with Gasteiger partial charge >= 0.3 is 0 Å². The number of nitrogens with one attached hydrogen (secondary N) is 2. The number of piperidine rings is 1. The summed E-state index contributed by atoms with van der Waals surface area (Å²) in [5.41, 5.74) is 0.830. The second-order valence-corrected chi connectivity index (χ2v) is 6.95. The second kappa shape index (κ2) is 8.81. The molecule has 1 fully saturated rings. The number of nitrogens with zero attached hydrogens (tertiary/aromatic N) is 1. The van der Waals surface area contributed by atoms with Crippen LogP contribution in [-0.4, -0.2) is 42.4 Å². The van der Waals surface area contributed by atoms with Gasteiger partial charge in [0.05, 0.1) is 6.54 Å². The van der Waals surface area contributed by atoms with E-state index in [1.165, 1.54) is 0 Å². The van der Waals surface area contributed by atoms with E-state index in [-0.39, 0.29) is 23.8 Å². The first-order valence-electron chi connectivity index (χ1n) is 9.23. The van der Waals surface area contributed by atoms with E-state index in [0.717, 1.165) is 50.9 Å². The van der Waals surface area contributed by atoms with Crippen LogP contribution in [0.25, 0.3) is 0 Å². The molecule has 1 unspecified atom stereocenters. The van der Waals surface area contributed by atoms with Gasteiger partial charge in [0.15, 0.2) is 0 Å². The Morgan fingerprint density at radius 3 is 2.48 bits per heavy atom. The van der Waals surface area contributed by atoms with Gasteiger partial charge in [-0.15, -0.1) is 0 Å². The summed E-state index contributed by atoms with van der Waals surface area (Å²) < 4.78 is 0. The zero-order chi connectivity index (χ0) is 17.5. The van der Waals surface area contributed by atoms with Crippen molar-refractivity contribution >= 4 is 17.5 Å². The average Bonchev–Trinajstić information content (AvgIpc) is 2.65. The fourth-order valence-electron chi connectivity index (χ4n) is 3.51. The Morgan fingerprint density at radius 1 is 1.04 bits per heavy atom. The maximum absolute atomic E-state index is 12.3. The number of hydrogen-bond acceptors (Lipinski definition) is 3. The van der Waals surface area contributed by atoms with Crippen molar-refractivity contribution < 1.29 is 9.59 Å². The van der Waals surface area contributed by atoms with E-state index < -0.39 is 0 Å². The van der Waals surface area contributed by atoms with Crippen molar-refractivity contribution in [2.24, 2.45) is 5.92 Å². The molecule has 1 heterocycles. The van der Waals surface area contributed by atoms with Gasteiger partial charge in [-0.05, 0) is 44.2 Å². The molecule has 0 radical (unpaired) electrons. The van der Waals surface area contributed by atoms with E-state index in [2.05, 4.69) is 27.7 Å². The predicted molar refractivity (Wildman–Crippen MR) is 99.2 cm³/mol. The molecule has 1 aromatic carbocycles. The van der Waals surface area contributed by atoms with Crippen molar-refractivity contribution in [3.05, 3.63) is 42.5 Å². The van der Waals surface area contributed by atoms with Crippen LogP contribution < -0.4 is 10.6 Å². The number of rotatable bonds is 5. The zero-order valence-electron chi connectivity index (χ0n) is 14.6. The Labute approximate surface area is 149 Å². The molecule has 0 saturated carbocycles. The molecule has 1 saturated heterocycles. The molecule has 25 heavy (non-hydrogen) atoms. The average molecular weight is 341 g/mol. The molecule has 2 N–H and O–H groups in total. The minimum absolute atomic E-state index is 0.0164. The lowest BCUT2D eigenvalue weighted by atomic mass is 9.93. The first-order valence-corrected chi connectivity index (χ1v) is 9.23. The van der Waals surface area contributed by atoms with Gasteiger partial charge in [-0.3, -0.25) is 14.5 Å². The lowest BCUT2D eigenvalue weighted by Gasteiger charge is -2.32. The number of amides is 2. The normalized spacial score (nSPS) is 21.7. The fraction of sp³-hybridized carbons (Fsp3) is 0.500. The largest absolute Gasteiger partial charge is 0.353 e. The van der Waals surface area contributed by atoms with Gasteiger partial charge in [-0.2, -0.15) is 0 Å². The minimum Gasteiger partial charge on any atom is -0.353 e. The first kappa shape index (κ1) is 17.7. The van der Waals surface area contributed by atoms with Crippen LogP contribution in [0.3, 0.4) is 0 Å². The van der Waals surface area contributed by atoms with Gasteiger partial charge in [0, 0.05) is 30.7 Å². The van der Waals surface area contributed by atoms with E-state index in [1.807, 2.05) is 30.3 Å². The van der Waals surface area contributed by atoms with Crippen LogP contribution in [0.15, 0.2) is 42.5 Å². The maximum atomic E-state index is 12.3. The van der Waals surface area contributed by atoms with Crippen molar-refractivity contribution in [2.45, 2.75) is 38.1 Å². The van der Waals surface area contributed by atoms with Crippen molar-refractivity contribution in [1.29, 1.82) is 0 Å². The number of carbonyl (C=O) groups excluding carboxylic acids is 2. The minimum atomic E-state index is 0.0164. The molecule has 0 bridgehead atoms. The highest BCUT2D eigenvalue weighted by atomic mass is 16.2. The Balaban J connectivity index is 1.37. The van der Waals surface area contributed by atoms with Crippen molar-refractivity contribution in [3.63, 3.8) is 0 Å². The van der Waals surface area contributed by atoms with Gasteiger partial charge in [-0.25, -0.2) is 0 Å². The van der Waals surface area contributed by atoms with E-state index in [9.17, 15) is 9.59 Å². The monoisotopic (exact) mass is 341 g/mol. The van der Waals surface area contributed by atoms with Gasteiger partial charge < -0.3 is 10.6 Å². The summed E-state index contributed by atoms with van der Waals surface area (Å²) >= 11 is 0. The third-order valence-electron chi connectivity index (χ3n) is 5.00. The highest BCUT2D eigenvalue weighted by molar-refractivity contribution is 5.92. The highest BCUT2D eigenvalue weighted by Gasteiger charge is 2.25. The Bertz CT molecular complexity index is 607. The summed E-state index contributed by atoms with van der Waals surface area (Å²) in [6, 6.07) is 9.77. The van der Waals surface area contributed by atoms with E-state index in [1.54, 1.807) is 0 Å². The molecule has 134 valence electrons. The number of para-hydroxylation sites is 1. The molecule has 2 aliphatic rings. The second-order valence-electron chi connectivity index (χ2n) is 6.95. The van der Waals surface area contributed by atoms with Crippen molar-refractivity contribution in [1.82, 2.24) is 10.2 Å². The molecule has 1 aliphatic heterocycles. The van der Waals surface area contributed by atoms with Gasteiger partial charge in [0.2, 0.25) is 11.8 Å². The lowest BCUT2D eigenvalue weighted by Crippen LogP contribution is -2.47. The SMILES string of the molecule is O=C(CN1CCC(NC(=O)C2CC=CCC2)CC1)Nc1ccccc1. The van der Waals surface area contributed by atoms with Gasteiger partial charge in [0.25, 0.3) is 0 Å². The number of hydrogen-bond donors (Lipinski definition) is 2. The predicted octanol–water partition coefficient (Wildman–Crippen LogP) is 2.56. The topological polar surface area (TPSA) is 61.4 Å². The molecule has 2 amide bonds. The smallest absolute Gasteiger partial charge is 0.238 e. The van der Waals surface area contributed by atoms with Crippen LogP contribution in [0.2, 0.25) is 0 Å². The highest BCUT2D eigenvalue weighted by Crippen LogP contribution is 2.19. The molecule has 1 atom stereocenters. The molecular weight excluding hydrogens is 314 g/mol. The number of anilines is 1. The van der Waals surface area contributed by atoms with Crippen molar-refractivity contribution in [3.8, 4) is 0 Å². The van der Waals surface area contributed by atoms with Crippen LogP contribution in [0.1, 0.15) is 32.1 Å². The summed E-state index contributed by atoms with van der Waals surface area (Å²) in [5, 5.41) is 6.12. The lowest BCUT2D eigenvalue weighted by molar-refractivity contribution is -0.126. The number of carbonyl (C=O) groups is 2. The van der Waals surface area contributed by atoms with Gasteiger partial charge in [-0.1, -0.05) is 30.4 Å². The molecular formula is C20H27N3O2. The summed E-state index contributed by atoms with van der Waals surface area (Å²) in [6.45, 7) is 2.10.